The molecule has 0 aromatic heterocycles. The quantitative estimate of drug-likeness (QED) is 0.810. The van der Waals surface area contributed by atoms with E-state index >= 15 is 0 Å². The molecule has 2 N–H and O–H groups in total. The Morgan fingerprint density at radius 2 is 2.00 bits per heavy atom. The fraction of sp³-hybridized carbons (Fsp3) is 0.933. The zero-order valence-electron chi connectivity index (χ0n) is 11.9. The predicted octanol–water partition coefficient (Wildman–Crippen LogP) is 2.46. The summed E-state index contributed by atoms with van der Waals surface area (Å²) in [6, 6.07) is 0.309. The molecular weight excluding hydrogens is 224 g/mol. The third kappa shape index (κ3) is 3.25. The van der Waals surface area contributed by atoms with Crippen molar-refractivity contribution in [3.05, 3.63) is 0 Å². The van der Waals surface area contributed by atoms with Crippen LogP contribution in [-0.4, -0.2) is 25.0 Å². The van der Waals surface area contributed by atoms with Gasteiger partial charge in [-0.05, 0) is 51.6 Å². The maximum atomic E-state index is 12.4. The fourth-order valence-corrected chi connectivity index (χ4v) is 3.36. The van der Waals surface area contributed by atoms with Gasteiger partial charge in [-0.1, -0.05) is 26.2 Å². The minimum Gasteiger partial charge on any atom is -0.353 e. The summed E-state index contributed by atoms with van der Waals surface area (Å²) in [6.07, 6.45) is 8.33. The Hall–Kier alpha value is -0.570. The highest BCUT2D eigenvalue weighted by molar-refractivity contribution is 5.82. The zero-order valence-corrected chi connectivity index (χ0v) is 11.9. The molecule has 1 aliphatic carbocycles. The molecule has 0 spiro atoms. The monoisotopic (exact) mass is 252 g/mol. The van der Waals surface area contributed by atoms with Gasteiger partial charge in [-0.25, -0.2) is 0 Å². The molecule has 1 saturated heterocycles. The van der Waals surface area contributed by atoms with E-state index in [4.69, 9.17) is 0 Å². The van der Waals surface area contributed by atoms with E-state index in [1.807, 2.05) is 0 Å². The van der Waals surface area contributed by atoms with Gasteiger partial charge in [-0.3, -0.25) is 4.79 Å². The summed E-state index contributed by atoms with van der Waals surface area (Å²) < 4.78 is 0. The largest absolute Gasteiger partial charge is 0.353 e. The average Bonchev–Trinajstić information content (AvgIpc) is 2.40. The lowest BCUT2D eigenvalue weighted by Crippen LogP contribution is -2.49. The van der Waals surface area contributed by atoms with Gasteiger partial charge in [0.2, 0.25) is 5.91 Å². The summed E-state index contributed by atoms with van der Waals surface area (Å²) >= 11 is 0. The molecule has 2 unspecified atom stereocenters. The van der Waals surface area contributed by atoms with Crippen LogP contribution in [0.1, 0.15) is 58.8 Å². The second-order valence-corrected chi connectivity index (χ2v) is 6.49. The lowest BCUT2D eigenvalue weighted by atomic mass is 9.74. The molecular formula is C15H28N2O. The van der Waals surface area contributed by atoms with Crippen molar-refractivity contribution in [2.45, 2.75) is 64.8 Å². The third-order valence-electron chi connectivity index (χ3n) is 4.91. The normalized spacial score (nSPS) is 29.6. The molecule has 1 amide bonds. The molecule has 2 fully saturated rings. The second-order valence-electron chi connectivity index (χ2n) is 6.49. The van der Waals surface area contributed by atoms with Gasteiger partial charge in [-0.2, -0.15) is 0 Å². The van der Waals surface area contributed by atoms with Gasteiger partial charge >= 0.3 is 0 Å². The maximum absolute atomic E-state index is 12.4. The van der Waals surface area contributed by atoms with Crippen molar-refractivity contribution in [2.75, 3.05) is 13.1 Å². The molecule has 104 valence electrons. The van der Waals surface area contributed by atoms with Crippen molar-refractivity contribution in [3.63, 3.8) is 0 Å². The Morgan fingerprint density at radius 3 is 2.61 bits per heavy atom. The van der Waals surface area contributed by atoms with Crippen molar-refractivity contribution < 1.29 is 4.79 Å². The highest BCUT2D eigenvalue weighted by Crippen LogP contribution is 2.36. The van der Waals surface area contributed by atoms with Crippen molar-refractivity contribution >= 4 is 5.91 Å². The van der Waals surface area contributed by atoms with Crippen LogP contribution in [0.15, 0.2) is 0 Å². The molecule has 2 rings (SSSR count). The van der Waals surface area contributed by atoms with E-state index in [2.05, 4.69) is 24.5 Å². The van der Waals surface area contributed by atoms with E-state index in [0.717, 1.165) is 25.9 Å². The summed E-state index contributed by atoms with van der Waals surface area (Å²) in [5.74, 6) is 0.898. The van der Waals surface area contributed by atoms with Crippen LogP contribution in [-0.2, 0) is 4.79 Å². The molecule has 3 heteroatoms. The predicted molar refractivity (Wildman–Crippen MR) is 74.4 cm³/mol. The molecule has 1 heterocycles. The molecule has 1 aliphatic heterocycles. The van der Waals surface area contributed by atoms with Crippen molar-refractivity contribution in [1.82, 2.24) is 10.6 Å². The van der Waals surface area contributed by atoms with E-state index in [0.29, 0.717) is 17.9 Å². The summed E-state index contributed by atoms with van der Waals surface area (Å²) in [4.78, 5) is 12.4. The van der Waals surface area contributed by atoms with Crippen LogP contribution in [0.2, 0.25) is 0 Å². The van der Waals surface area contributed by atoms with Gasteiger partial charge in [0.05, 0.1) is 0 Å². The number of hydrogen-bond acceptors (Lipinski definition) is 2. The van der Waals surface area contributed by atoms with Gasteiger partial charge < -0.3 is 10.6 Å². The van der Waals surface area contributed by atoms with Gasteiger partial charge in [-0.15, -0.1) is 0 Å². The summed E-state index contributed by atoms with van der Waals surface area (Å²) in [6.45, 7) is 6.50. The first-order chi connectivity index (χ1) is 8.62. The van der Waals surface area contributed by atoms with Crippen molar-refractivity contribution in [3.8, 4) is 0 Å². The van der Waals surface area contributed by atoms with E-state index in [1.165, 1.54) is 32.1 Å². The van der Waals surface area contributed by atoms with Crippen LogP contribution >= 0.6 is 0 Å². The molecule has 18 heavy (non-hydrogen) atoms. The molecule has 1 saturated carbocycles. The van der Waals surface area contributed by atoms with E-state index < -0.39 is 0 Å². The smallest absolute Gasteiger partial charge is 0.226 e. The number of amides is 1. The SMILES string of the molecule is CC(NC(=O)C1(C)CCCCC1)C1CCCNC1. The van der Waals surface area contributed by atoms with Gasteiger partial charge in [0.15, 0.2) is 0 Å². The van der Waals surface area contributed by atoms with Crippen LogP contribution in [0.25, 0.3) is 0 Å². The van der Waals surface area contributed by atoms with Crippen molar-refractivity contribution in [2.24, 2.45) is 11.3 Å². The topological polar surface area (TPSA) is 41.1 Å². The highest BCUT2D eigenvalue weighted by atomic mass is 16.2. The Kier molecular flexibility index (Phi) is 4.66. The number of carbonyl (C=O) groups is 1. The van der Waals surface area contributed by atoms with Crippen LogP contribution in [0.5, 0.6) is 0 Å². The first-order valence-electron chi connectivity index (χ1n) is 7.63. The average molecular weight is 252 g/mol. The van der Waals surface area contributed by atoms with Crippen LogP contribution in [0.4, 0.5) is 0 Å². The lowest BCUT2D eigenvalue weighted by Gasteiger charge is -2.35. The second kappa shape index (κ2) is 6.05. The summed E-state index contributed by atoms with van der Waals surface area (Å²) in [5.41, 5.74) is -0.103. The molecule has 2 atom stereocenters. The van der Waals surface area contributed by atoms with Crippen LogP contribution in [0, 0.1) is 11.3 Å². The van der Waals surface area contributed by atoms with Crippen LogP contribution in [0.3, 0.4) is 0 Å². The fourth-order valence-electron chi connectivity index (χ4n) is 3.36. The molecule has 3 nitrogen and oxygen atoms in total. The first-order valence-corrected chi connectivity index (χ1v) is 7.63. The third-order valence-corrected chi connectivity index (χ3v) is 4.91. The Bertz CT molecular complexity index is 278. The molecule has 0 bridgehead atoms. The summed E-state index contributed by atoms with van der Waals surface area (Å²) in [5, 5.41) is 6.71. The van der Waals surface area contributed by atoms with Crippen molar-refractivity contribution in [1.29, 1.82) is 0 Å². The number of hydrogen-bond donors (Lipinski definition) is 2. The van der Waals surface area contributed by atoms with Gasteiger partial charge in [0.25, 0.3) is 0 Å². The Morgan fingerprint density at radius 1 is 1.28 bits per heavy atom. The van der Waals surface area contributed by atoms with E-state index in [1.54, 1.807) is 0 Å². The highest BCUT2D eigenvalue weighted by Gasteiger charge is 2.35. The number of piperidine rings is 1. The molecule has 0 radical (unpaired) electrons. The Labute approximate surface area is 111 Å². The zero-order chi connectivity index (χ0) is 13.0. The molecule has 0 aromatic rings. The first kappa shape index (κ1) is 13.9. The molecule has 0 aromatic carbocycles. The standard InChI is InChI=1S/C15H28N2O/c1-12(13-7-6-10-16-11-13)17-14(18)15(2)8-4-3-5-9-15/h12-13,16H,3-11H2,1-2H3,(H,17,18). The van der Waals surface area contributed by atoms with Crippen LogP contribution < -0.4 is 10.6 Å². The number of rotatable bonds is 3. The minimum absolute atomic E-state index is 0.103. The van der Waals surface area contributed by atoms with Gasteiger partial charge in [0.1, 0.15) is 0 Å². The molecule has 2 aliphatic rings. The van der Waals surface area contributed by atoms with E-state index in [-0.39, 0.29) is 5.41 Å². The summed E-state index contributed by atoms with van der Waals surface area (Å²) in [7, 11) is 0. The maximum Gasteiger partial charge on any atom is 0.226 e. The Balaban J connectivity index is 1.85. The lowest BCUT2D eigenvalue weighted by molar-refractivity contribution is -0.132. The number of nitrogens with one attached hydrogen (secondary N) is 2. The minimum atomic E-state index is -0.103. The number of carbonyl (C=O) groups excluding carboxylic acids is 1. The van der Waals surface area contributed by atoms with E-state index in [9.17, 15) is 4.79 Å². The van der Waals surface area contributed by atoms with Gasteiger partial charge in [0, 0.05) is 11.5 Å².